The molecule has 0 bridgehead atoms. The average Bonchev–Trinajstić information content (AvgIpc) is 2.66. The first-order valence-electron chi connectivity index (χ1n) is 9.55. The van der Waals surface area contributed by atoms with Gasteiger partial charge in [-0.1, -0.05) is 35.0 Å². The summed E-state index contributed by atoms with van der Waals surface area (Å²) in [4.78, 5) is 38.7. The highest BCUT2D eigenvalue weighted by molar-refractivity contribution is 9.10. The van der Waals surface area contributed by atoms with E-state index in [2.05, 4.69) is 21.2 Å². The molecule has 0 saturated carbocycles. The molecular weight excluding hydrogens is 438 g/mol. The third kappa shape index (κ3) is 3.88. The first-order chi connectivity index (χ1) is 13.8. The molecule has 154 valence electrons. The van der Waals surface area contributed by atoms with Gasteiger partial charge in [-0.2, -0.15) is 0 Å². The topological polar surface area (TPSA) is 81.7 Å². The number of halogens is 1. The number of dihydropyridines is 1. The number of carbonyl (C=O) groups excluding carboxylic acids is 3. The maximum Gasteiger partial charge on any atom is 0.336 e. The van der Waals surface area contributed by atoms with E-state index in [4.69, 9.17) is 9.47 Å². The zero-order chi connectivity index (χ0) is 21.3. The molecule has 1 N–H and O–H groups in total. The third-order valence-corrected chi connectivity index (χ3v) is 5.91. The minimum atomic E-state index is -0.892. The number of ether oxygens (including phenoxy) is 2. The Balaban J connectivity index is 2.19. The monoisotopic (exact) mass is 461 g/mol. The molecule has 1 heterocycles. The lowest BCUT2D eigenvalue weighted by atomic mass is 9.69. The Bertz CT molecular complexity index is 933. The van der Waals surface area contributed by atoms with Crippen LogP contribution >= 0.6 is 15.9 Å². The van der Waals surface area contributed by atoms with Gasteiger partial charge in [-0.3, -0.25) is 9.59 Å². The van der Waals surface area contributed by atoms with Crippen LogP contribution in [0.3, 0.4) is 0 Å². The third-order valence-electron chi connectivity index (χ3n) is 5.42. The van der Waals surface area contributed by atoms with Crippen molar-refractivity contribution in [2.24, 2.45) is 11.8 Å². The van der Waals surface area contributed by atoms with E-state index in [0.717, 1.165) is 15.7 Å². The Morgan fingerprint density at radius 2 is 2.03 bits per heavy atom. The summed E-state index contributed by atoms with van der Waals surface area (Å²) in [6, 6.07) is 7.48. The standard InChI is InChI=1S/C22H24BrNO5/c1-5-29-22(27)17-12(3)24-15-9-11(2)16(21(26)28-4)20(25)19(15)18(17)13-7-6-8-14(23)10-13/h6-8,10-11,16,18,24H,5,9H2,1-4H3/t11-,16+,18+/m0/s1. The smallest absolute Gasteiger partial charge is 0.336 e. The van der Waals surface area contributed by atoms with Crippen LogP contribution in [0.5, 0.6) is 0 Å². The van der Waals surface area contributed by atoms with Gasteiger partial charge in [0, 0.05) is 27.4 Å². The fourth-order valence-electron chi connectivity index (χ4n) is 4.18. The highest BCUT2D eigenvalue weighted by atomic mass is 79.9. The van der Waals surface area contributed by atoms with Crippen LogP contribution in [-0.2, 0) is 23.9 Å². The number of Topliss-reactive ketones (excluding diaryl/α,β-unsaturated/α-hetero) is 1. The highest BCUT2D eigenvalue weighted by Gasteiger charge is 2.47. The van der Waals surface area contributed by atoms with E-state index < -0.39 is 23.8 Å². The molecule has 2 aliphatic rings. The van der Waals surface area contributed by atoms with Crippen molar-refractivity contribution in [1.82, 2.24) is 5.32 Å². The van der Waals surface area contributed by atoms with Crippen molar-refractivity contribution < 1.29 is 23.9 Å². The second-order valence-corrected chi connectivity index (χ2v) is 8.23. The van der Waals surface area contributed by atoms with Crippen molar-refractivity contribution in [2.45, 2.75) is 33.1 Å². The van der Waals surface area contributed by atoms with Crippen LogP contribution in [0.1, 0.15) is 38.7 Å². The van der Waals surface area contributed by atoms with Gasteiger partial charge >= 0.3 is 11.9 Å². The molecular formula is C22H24BrNO5. The minimum absolute atomic E-state index is 0.207. The molecule has 1 aliphatic heterocycles. The second-order valence-electron chi connectivity index (χ2n) is 7.31. The first kappa shape index (κ1) is 21.3. The van der Waals surface area contributed by atoms with Crippen LogP contribution in [0.2, 0.25) is 0 Å². The van der Waals surface area contributed by atoms with Crippen LogP contribution in [0.4, 0.5) is 0 Å². The van der Waals surface area contributed by atoms with E-state index in [9.17, 15) is 14.4 Å². The van der Waals surface area contributed by atoms with Crippen LogP contribution < -0.4 is 5.32 Å². The number of hydrogen-bond acceptors (Lipinski definition) is 6. The fourth-order valence-corrected chi connectivity index (χ4v) is 4.60. The Morgan fingerprint density at radius 1 is 1.31 bits per heavy atom. The van der Waals surface area contributed by atoms with Crippen molar-refractivity contribution in [3.05, 3.63) is 56.8 Å². The summed E-state index contributed by atoms with van der Waals surface area (Å²) in [6.45, 7) is 5.63. The molecule has 0 amide bonds. The van der Waals surface area contributed by atoms with Crippen LogP contribution in [0, 0.1) is 11.8 Å². The molecule has 1 aliphatic carbocycles. The quantitative estimate of drug-likeness (QED) is 0.544. The van der Waals surface area contributed by atoms with Crippen molar-refractivity contribution in [2.75, 3.05) is 13.7 Å². The number of allylic oxidation sites excluding steroid dienone is 3. The molecule has 0 fully saturated rings. The van der Waals surface area contributed by atoms with Crippen molar-refractivity contribution >= 4 is 33.7 Å². The van der Waals surface area contributed by atoms with E-state index in [1.165, 1.54) is 7.11 Å². The van der Waals surface area contributed by atoms with Crippen LogP contribution in [0.25, 0.3) is 0 Å². The van der Waals surface area contributed by atoms with E-state index in [-0.39, 0.29) is 18.3 Å². The van der Waals surface area contributed by atoms with Crippen LogP contribution in [-0.4, -0.2) is 31.4 Å². The minimum Gasteiger partial charge on any atom is -0.468 e. The zero-order valence-corrected chi connectivity index (χ0v) is 18.5. The molecule has 7 heteroatoms. The van der Waals surface area contributed by atoms with Gasteiger partial charge in [0.15, 0.2) is 5.78 Å². The van der Waals surface area contributed by atoms with Crippen molar-refractivity contribution in [3.8, 4) is 0 Å². The molecule has 3 atom stereocenters. The molecule has 29 heavy (non-hydrogen) atoms. The first-order valence-corrected chi connectivity index (χ1v) is 10.3. The molecule has 3 rings (SSSR count). The molecule has 0 aromatic heterocycles. The number of esters is 2. The predicted molar refractivity (Wildman–Crippen MR) is 111 cm³/mol. The summed E-state index contributed by atoms with van der Waals surface area (Å²) in [5, 5.41) is 3.23. The Labute approximate surface area is 178 Å². The Kier molecular flexibility index (Phi) is 6.27. The van der Waals surface area contributed by atoms with Gasteiger partial charge in [0.05, 0.1) is 19.3 Å². The Morgan fingerprint density at radius 3 is 2.66 bits per heavy atom. The number of carbonyl (C=O) groups is 3. The average molecular weight is 462 g/mol. The second kappa shape index (κ2) is 8.53. The summed E-state index contributed by atoms with van der Waals surface area (Å²) in [7, 11) is 1.28. The van der Waals surface area contributed by atoms with E-state index in [1.807, 2.05) is 38.1 Å². The molecule has 0 saturated heterocycles. The number of methoxy groups -OCH3 is 1. The normalized spacial score (nSPS) is 24.0. The summed E-state index contributed by atoms with van der Waals surface area (Å²) in [5.41, 5.74) is 3.00. The maximum atomic E-state index is 13.5. The maximum absolute atomic E-state index is 13.5. The molecule has 0 spiro atoms. The molecule has 1 aromatic carbocycles. The molecule has 1 aromatic rings. The van der Waals surface area contributed by atoms with E-state index in [1.54, 1.807) is 6.92 Å². The van der Waals surface area contributed by atoms with Crippen molar-refractivity contribution in [1.29, 1.82) is 0 Å². The summed E-state index contributed by atoms with van der Waals surface area (Å²) >= 11 is 3.47. The van der Waals surface area contributed by atoms with Gasteiger partial charge in [-0.25, -0.2) is 4.79 Å². The Hall–Kier alpha value is -2.41. The number of benzene rings is 1. The molecule has 0 radical (unpaired) electrons. The van der Waals surface area contributed by atoms with E-state index >= 15 is 0 Å². The fraction of sp³-hybridized carbons (Fsp3) is 0.409. The van der Waals surface area contributed by atoms with Gasteiger partial charge in [-0.15, -0.1) is 0 Å². The molecule has 0 unspecified atom stereocenters. The van der Waals surface area contributed by atoms with E-state index in [0.29, 0.717) is 23.3 Å². The van der Waals surface area contributed by atoms with Crippen LogP contribution in [0.15, 0.2) is 51.3 Å². The summed E-state index contributed by atoms with van der Waals surface area (Å²) in [5.74, 6) is -3.05. The number of rotatable bonds is 4. The summed E-state index contributed by atoms with van der Waals surface area (Å²) in [6.07, 6.45) is 0.513. The molecule has 6 nitrogen and oxygen atoms in total. The summed E-state index contributed by atoms with van der Waals surface area (Å²) < 4.78 is 11.0. The SMILES string of the molecule is CCOC(=O)C1=C(C)NC2=C(C(=O)[C@H](C(=O)OC)[C@@H](C)C2)[C@@H]1c1cccc(Br)c1. The number of ketones is 1. The van der Waals surface area contributed by atoms with Gasteiger partial charge in [0.2, 0.25) is 0 Å². The van der Waals surface area contributed by atoms with Gasteiger partial charge in [0.25, 0.3) is 0 Å². The number of hydrogen-bond donors (Lipinski definition) is 1. The number of nitrogens with one attached hydrogen (secondary N) is 1. The van der Waals surface area contributed by atoms with Gasteiger partial charge < -0.3 is 14.8 Å². The zero-order valence-electron chi connectivity index (χ0n) is 16.9. The lowest BCUT2D eigenvalue weighted by Gasteiger charge is -2.38. The van der Waals surface area contributed by atoms with Gasteiger partial charge in [0.1, 0.15) is 5.92 Å². The largest absolute Gasteiger partial charge is 0.468 e. The lowest BCUT2D eigenvalue weighted by Crippen LogP contribution is -2.43. The van der Waals surface area contributed by atoms with Gasteiger partial charge in [-0.05, 0) is 43.9 Å². The van der Waals surface area contributed by atoms with Crippen molar-refractivity contribution in [3.63, 3.8) is 0 Å². The predicted octanol–water partition coefficient (Wildman–Crippen LogP) is 3.63. The lowest BCUT2D eigenvalue weighted by molar-refractivity contribution is -0.151. The highest BCUT2D eigenvalue weighted by Crippen LogP contribution is 2.45.